The summed E-state index contributed by atoms with van der Waals surface area (Å²) in [5.74, 6) is 0.736. The Morgan fingerprint density at radius 1 is 0.627 bits per heavy atom. The molecule has 9 rings (SSSR count). The van der Waals surface area contributed by atoms with Crippen LogP contribution in [0.3, 0.4) is 0 Å². The van der Waals surface area contributed by atoms with Gasteiger partial charge in [0.05, 0.1) is 39.7 Å². The van der Waals surface area contributed by atoms with Crippen molar-refractivity contribution in [2.45, 2.75) is 13.0 Å². The van der Waals surface area contributed by atoms with E-state index >= 15 is 0 Å². The molecule has 0 saturated heterocycles. The van der Waals surface area contributed by atoms with Crippen molar-refractivity contribution in [3.63, 3.8) is 0 Å². The number of fused-ring (bicyclic) bond motifs is 8. The lowest BCUT2D eigenvalue weighted by atomic mass is 10.1. The number of nitrogens with zero attached hydrogens (tertiary/aromatic N) is 5. The lowest BCUT2D eigenvalue weighted by Gasteiger charge is -2.14. The van der Waals surface area contributed by atoms with Crippen molar-refractivity contribution in [1.82, 2.24) is 9.13 Å². The van der Waals surface area contributed by atoms with E-state index in [4.69, 9.17) is 15.7 Å². The predicted molar refractivity (Wildman–Crippen MR) is 211 cm³/mol. The van der Waals surface area contributed by atoms with Crippen LogP contribution >= 0.6 is 0 Å². The quantitative estimate of drug-likeness (QED) is 0.151. The molecule has 0 aliphatic heterocycles. The molecule has 1 atom stereocenters. The van der Waals surface area contributed by atoms with E-state index in [0.29, 0.717) is 11.4 Å². The van der Waals surface area contributed by atoms with Crippen LogP contribution in [-0.2, 0) is 0 Å². The van der Waals surface area contributed by atoms with Gasteiger partial charge in [-0.2, -0.15) is 10.3 Å². The first-order valence-corrected chi connectivity index (χ1v) is 17.0. The van der Waals surface area contributed by atoms with E-state index in [1.807, 2.05) is 49.4 Å². The summed E-state index contributed by atoms with van der Waals surface area (Å²) in [7, 11) is 0. The number of amidine groups is 1. The van der Waals surface area contributed by atoms with Crippen molar-refractivity contribution in [1.29, 1.82) is 5.26 Å². The van der Waals surface area contributed by atoms with E-state index in [2.05, 4.69) is 124 Å². The van der Waals surface area contributed by atoms with Crippen LogP contribution in [0, 0.1) is 11.3 Å². The number of para-hydroxylation sites is 2. The van der Waals surface area contributed by atoms with Gasteiger partial charge in [0.15, 0.2) is 5.84 Å². The minimum absolute atomic E-state index is 0.205. The first-order chi connectivity index (χ1) is 25.1. The van der Waals surface area contributed by atoms with E-state index in [1.165, 1.54) is 10.8 Å². The molecule has 6 nitrogen and oxygen atoms in total. The average molecular weight is 657 g/mol. The number of benzene rings is 7. The fourth-order valence-electron chi connectivity index (χ4n) is 7.37. The second-order valence-electron chi connectivity index (χ2n) is 12.8. The molecule has 7 aromatic carbocycles. The van der Waals surface area contributed by atoms with Crippen LogP contribution in [-0.4, -0.2) is 20.9 Å². The Kier molecular flexibility index (Phi) is 7.19. The van der Waals surface area contributed by atoms with Gasteiger partial charge in [-0.25, -0.2) is 0 Å². The highest BCUT2D eigenvalue weighted by atomic mass is 15.2. The zero-order chi connectivity index (χ0) is 34.5. The summed E-state index contributed by atoms with van der Waals surface area (Å²) in [6.07, 6.45) is 0. The number of hydrogen-bond donors (Lipinski definition) is 1. The molecule has 1 unspecified atom stereocenters. The number of aromatic nitrogens is 2. The van der Waals surface area contributed by atoms with Gasteiger partial charge in [0.2, 0.25) is 5.96 Å². The number of rotatable bonds is 4. The molecule has 0 fully saturated rings. The number of nitriles is 1. The average Bonchev–Trinajstić information content (AvgIpc) is 3.71. The molecule has 51 heavy (non-hydrogen) atoms. The summed E-state index contributed by atoms with van der Waals surface area (Å²) in [6, 6.07) is 55.9. The molecule has 0 bridgehead atoms. The maximum Gasteiger partial charge on any atom is 0.207 e. The molecule has 0 aliphatic carbocycles. The summed E-state index contributed by atoms with van der Waals surface area (Å²) < 4.78 is 4.42. The number of hydrogen-bond acceptors (Lipinski definition) is 2. The van der Waals surface area contributed by atoms with Gasteiger partial charge in [0.25, 0.3) is 0 Å². The summed E-state index contributed by atoms with van der Waals surface area (Å²) in [5, 5.41) is 16.5. The third-order valence-corrected chi connectivity index (χ3v) is 9.76. The Morgan fingerprint density at radius 2 is 1.29 bits per heavy atom. The van der Waals surface area contributed by atoms with Crippen molar-refractivity contribution >= 4 is 66.2 Å². The highest BCUT2D eigenvalue weighted by Crippen LogP contribution is 2.40. The number of nitrogens with two attached hydrogens (primary N) is 1. The normalized spacial score (nSPS) is 13.0. The molecule has 0 spiro atoms. The molecule has 0 aliphatic rings. The maximum atomic E-state index is 9.75. The Bertz CT molecular complexity index is 2900. The summed E-state index contributed by atoms with van der Waals surface area (Å²) in [5.41, 5.74) is 14.6. The molecule has 6 heteroatoms. The van der Waals surface area contributed by atoms with E-state index in [1.54, 1.807) is 6.07 Å². The standard InChI is InChI=1S/C45H32N6/c1-29(31-13-3-2-4-14-31)48-44(34-17-11-12-30(26-34)28-46)49-45(47)51-41-21-10-8-19-37(41)39-25-24-38-36-18-7-9-20-40(36)50(42(38)43(39)51)35-23-22-32-15-5-6-16-33(32)27-35/h2-27,29H,1H3,(H2,47,48,49). The van der Waals surface area contributed by atoms with E-state index in [-0.39, 0.29) is 12.0 Å². The van der Waals surface area contributed by atoms with Crippen LogP contribution in [0.5, 0.6) is 0 Å². The van der Waals surface area contributed by atoms with Crippen molar-refractivity contribution in [2.75, 3.05) is 0 Å². The van der Waals surface area contributed by atoms with Crippen molar-refractivity contribution in [3.8, 4) is 11.8 Å². The van der Waals surface area contributed by atoms with E-state index in [9.17, 15) is 5.26 Å². The lowest BCUT2D eigenvalue weighted by Crippen LogP contribution is -2.24. The van der Waals surface area contributed by atoms with E-state index in [0.717, 1.165) is 60.4 Å². The topological polar surface area (TPSA) is 84.4 Å². The van der Waals surface area contributed by atoms with Crippen LogP contribution in [0.1, 0.15) is 29.7 Å². The molecule has 2 aromatic heterocycles. The molecule has 0 radical (unpaired) electrons. The van der Waals surface area contributed by atoms with Gasteiger partial charge in [-0.15, -0.1) is 0 Å². The summed E-state index contributed by atoms with van der Waals surface area (Å²) >= 11 is 0. The summed E-state index contributed by atoms with van der Waals surface area (Å²) in [4.78, 5) is 10.2. The third-order valence-electron chi connectivity index (χ3n) is 9.76. The number of aliphatic imine (C=N–C) groups is 2. The monoisotopic (exact) mass is 656 g/mol. The molecule has 2 N–H and O–H groups in total. The van der Waals surface area contributed by atoms with E-state index < -0.39 is 0 Å². The molecule has 9 aromatic rings. The van der Waals surface area contributed by atoms with Crippen LogP contribution in [0.15, 0.2) is 168 Å². The molecule has 0 amide bonds. The highest BCUT2D eigenvalue weighted by molar-refractivity contribution is 6.26. The second-order valence-corrected chi connectivity index (χ2v) is 12.8. The second kappa shape index (κ2) is 12.2. The van der Waals surface area contributed by atoms with Gasteiger partial charge in [-0.1, -0.05) is 121 Å². The van der Waals surface area contributed by atoms with Crippen molar-refractivity contribution < 1.29 is 0 Å². The molecular formula is C45H32N6. The Hall–Kier alpha value is -6.97. The zero-order valence-electron chi connectivity index (χ0n) is 27.9. The van der Waals surface area contributed by atoms with Gasteiger partial charge in [-0.05, 0) is 59.7 Å². The summed E-state index contributed by atoms with van der Waals surface area (Å²) in [6.45, 7) is 2.04. The van der Waals surface area contributed by atoms with Crippen molar-refractivity contribution in [3.05, 3.63) is 174 Å². The molecular weight excluding hydrogens is 625 g/mol. The van der Waals surface area contributed by atoms with Gasteiger partial charge in [0, 0.05) is 32.8 Å². The minimum atomic E-state index is -0.205. The fourth-order valence-corrected chi connectivity index (χ4v) is 7.37. The SMILES string of the molecule is CC(N=C(N=C(N)n1c2ccccc2c2ccc3c4ccccc4n(-c4ccc5ccccc5c4)c3c21)c1cccc(C#N)c1)c1ccccc1. The highest BCUT2D eigenvalue weighted by Gasteiger charge is 2.22. The molecule has 0 saturated carbocycles. The lowest BCUT2D eigenvalue weighted by molar-refractivity contribution is 0.818. The molecule has 2 heterocycles. The minimum Gasteiger partial charge on any atom is -0.369 e. The Labute approximate surface area is 294 Å². The largest absolute Gasteiger partial charge is 0.369 e. The van der Waals surface area contributed by atoms with Gasteiger partial charge in [0.1, 0.15) is 0 Å². The van der Waals surface area contributed by atoms with Gasteiger partial charge >= 0.3 is 0 Å². The zero-order valence-corrected chi connectivity index (χ0v) is 27.9. The Morgan fingerprint density at radius 3 is 2.08 bits per heavy atom. The predicted octanol–water partition coefficient (Wildman–Crippen LogP) is 10.3. The van der Waals surface area contributed by atoms with Crippen LogP contribution in [0.25, 0.3) is 60.1 Å². The van der Waals surface area contributed by atoms with Crippen LogP contribution in [0.2, 0.25) is 0 Å². The Balaban J connectivity index is 1.37. The fraction of sp³-hybridized carbons (Fsp3) is 0.0444. The maximum absolute atomic E-state index is 9.75. The van der Waals surface area contributed by atoms with Gasteiger partial charge < -0.3 is 10.3 Å². The van der Waals surface area contributed by atoms with Crippen LogP contribution < -0.4 is 5.73 Å². The molecule has 242 valence electrons. The first kappa shape index (κ1) is 30.1. The first-order valence-electron chi connectivity index (χ1n) is 17.0. The third kappa shape index (κ3) is 5.03. The smallest absolute Gasteiger partial charge is 0.207 e. The van der Waals surface area contributed by atoms with Crippen molar-refractivity contribution in [2.24, 2.45) is 15.7 Å². The van der Waals surface area contributed by atoms with Crippen LogP contribution in [0.4, 0.5) is 0 Å². The van der Waals surface area contributed by atoms with Gasteiger partial charge in [-0.3, -0.25) is 9.56 Å².